The second-order valence-corrected chi connectivity index (χ2v) is 20.9. The van der Waals surface area contributed by atoms with Crippen molar-refractivity contribution in [3.8, 4) is 0 Å². The maximum Gasteiger partial charge on any atom is 0.411 e. The van der Waals surface area contributed by atoms with Crippen LogP contribution in [0.5, 0.6) is 0 Å². The number of amides is 2. The first-order valence-electron chi connectivity index (χ1n) is 22.9. The van der Waals surface area contributed by atoms with Gasteiger partial charge in [0.2, 0.25) is 0 Å². The molecule has 2 aliphatic heterocycles. The number of esters is 4. The van der Waals surface area contributed by atoms with Crippen molar-refractivity contribution >= 4 is 43.7 Å². The van der Waals surface area contributed by atoms with Crippen molar-refractivity contribution in [2.24, 2.45) is 0 Å². The molecule has 2 aliphatic rings. The summed E-state index contributed by atoms with van der Waals surface area (Å²) in [5.74, 6) is -1.79. The number of hydrogen-bond donors (Lipinski definition) is 0. The van der Waals surface area contributed by atoms with Crippen LogP contribution in [0.1, 0.15) is 111 Å². The van der Waals surface area contributed by atoms with Gasteiger partial charge in [0.15, 0.2) is 5.66 Å². The van der Waals surface area contributed by atoms with E-state index in [1.807, 2.05) is 81.4 Å². The number of hydrogen-bond acceptors (Lipinski definition) is 16. The van der Waals surface area contributed by atoms with Gasteiger partial charge in [-0.1, -0.05) is 66.7 Å². The van der Waals surface area contributed by atoms with Gasteiger partial charge in [-0.05, 0) is 111 Å². The van der Waals surface area contributed by atoms with Crippen LogP contribution in [0.15, 0.2) is 72.3 Å². The fourth-order valence-corrected chi connectivity index (χ4v) is 8.50. The second kappa shape index (κ2) is 29.0. The van der Waals surface area contributed by atoms with Gasteiger partial charge in [0, 0.05) is 45.6 Å². The number of benzene rings is 2. The van der Waals surface area contributed by atoms with E-state index in [0.717, 1.165) is 17.5 Å². The second-order valence-electron chi connectivity index (χ2n) is 18.3. The molecular weight excluding hydrogens is 916 g/mol. The summed E-state index contributed by atoms with van der Waals surface area (Å²) in [6.07, 6.45) is 5.10. The zero-order chi connectivity index (χ0) is 52.0. The minimum atomic E-state index is -3.32. The Labute approximate surface area is 408 Å². The van der Waals surface area contributed by atoms with Gasteiger partial charge in [-0.3, -0.25) is 19.2 Å². The molecule has 0 aliphatic carbocycles. The lowest BCUT2D eigenvalue weighted by molar-refractivity contribution is -0.161. The minimum absolute atomic E-state index is 0.0873. The number of ether oxygens (including phenoxy) is 7. The molecule has 5 atom stereocenters. The molecule has 1 unspecified atom stereocenters. The van der Waals surface area contributed by atoms with Crippen molar-refractivity contribution in [3.63, 3.8) is 0 Å². The monoisotopic (exact) mass is 990 g/mol. The smallest absolute Gasteiger partial charge is 0.411 e. The molecule has 386 valence electrons. The minimum Gasteiger partial charge on any atom is -0.468 e. The highest BCUT2D eigenvalue weighted by molar-refractivity contribution is 7.55. The molecule has 19 heteroatoms. The molecule has 2 aromatic rings. The molecule has 2 fully saturated rings. The van der Waals surface area contributed by atoms with Gasteiger partial charge in [-0.2, -0.15) is 0 Å². The fraction of sp³-hybridized carbons (Fsp3) is 0.600. The largest absolute Gasteiger partial charge is 0.468 e. The van der Waals surface area contributed by atoms with Gasteiger partial charge in [0.05, 0.1) is 14.2 Å². The number of nitrogens with zero attached hydrogens (tertiary/aromatic N) is 2. The number of carbonyl (C=O) groups is 6. The Kier molecular flexibility index (Phi) is 25.2. The molecule has 0 saturated carbocycles. The molecule has 2 heterocycles. The van der Waals surface area contributed by atoms with Crippen LogP contribution in [-0.2, 0) is 79.2 Å². The number of allylic oxidation sites excluding steroid dienone is 1. The summed E-state index contributed by atoms with van der Waals surface area (Å²) in [5, 5.41) is 0. The zero-order valence-electron chi connectivity index (χ0n) is 42.7. The Balaban J connectivity index is 0.000000388. The summed E-state index contributed by atoms with van der Waals surface area (Å²) >= 11 is 0. The lowest BCUT2D eigenvalue weighted by Crippen LogP contribution is -2.47. The van der Waals surface area contributed by atoms with Crippen molar-refractivity contribution < 1.29 is 75.5 Å². The highest BCUT2D eigenvalue weighted by atomic mass is 31.2. The van der Waals surface area contributed by atoms with E-state index in [1.165, 1.54) is 45.2 Å². The summed E-state index contributed by atoms with van der Waals surface area (Å²) in [7, 11) is 3.31. The van der Waals surface area contributed by atoms with Crippen molar-refractivity contribution in [1.82, 2.24) is 9.80 Å². The average Bonchev–Trinajstić information content (AvgIpc) is 3.96. The van der Waals surface area contributed by atoms with Crippen molar-refractivity contribution in [1.29, 1.82) is 0 Å². The SMILES string of the molecule is COC(=O)/C(C)=C\CC[C@@H]1CC[C@@H](C(=O)OC(C)(C)C)N1C(=O)OCc1ccccc1.COC(=O)C(C)P(=O)(OC)OC.COCC[C@@H]1CC[C@@H](C(=O)OC(C)(C)C)N1C(=O)OCc1ccccc1. The first-order valence-corrected chi connectivity index (χ1v) is 24.5. The Morgan fingerprint density at radius 3 is 1.43 bits per heavy atom. The molecular formula is C50H75N2O16P. The van der Waals surface area contributed by atoms with E-state index in [1.54, 1.807) is 40.9 Å². The van der Waals surface area contributed by atoms with Gasteiger partial charge < -0.3 is 42.2 Å². The van der Waals surface area contributed by atoms with Crippen LogP contribution >= 0.6 is 7.60 Å². The van der Waals surface area contributed by atoms with Crippen molar-refractivity contribution in [2.75, 3.05) is 42.2 Å². The number of methoxy groups -OCH3 is 3. The highest BCUT2D eigenvalue weighted by Gasteiger charge is 2.45. The maximum atomic E-state index is 13.0. The van der Waals surface area contributed by atoms with Crippen LogP contribution in [0.3, 0.4) is 0 Å². The molecule has 2 amide bonds. The molecule has 69 heavy (non-hydrogen) atoms. The zero-order valence-corrected chi connectivity index (χ0v) is 43.6. The number of carbonyl (C=O) groups excluding carboxylic acids is 6. The predicted molar refractivity (Wildman–Crippen MR) is 257 cm³/mol. The average molecular weight is 991 g/mol. The third-order valence-corrected chi connectivity index (χ3v) is 13.0. The van der Waals surface area contributed by atoms with Crippen LogP contribution in [0.4, 0.5) is 9.59 Å². The fourth-order valence-electron chi connectivity index (χ4n) is 7.36. The summed E-state index contributed by atoms with van der Waals surface area (Å²) in [6.45, 7) is 14.8. The molecule has 0 spiro atoms. The van der Waals surface area contributed by atoms with Gasteiger partial charge in [-0.15, -0.1) is 0 Å². The van der Waals surface area contributed by atoms with Gasteiger partial charge >= 0.3 is 43.7 Å². The van der Waals surface area contributed by atoms with Crippen LogP contribution in [0.25, 0.3) is 0 Å². The van der Waals surface area contributed by atoms with E-state index < -0.39 is 60.7 Å². The third-order valence-electron chi connectivity index (χ3n) is 10.8. The Hall–Kier alpha value is -5.29. The molecule has 0 aromatic heterocycles. The molecule has 0 radical (unpaired) electrons. The van der Waals surface area contributed by atoms with Crippen LogP contribution in [-0.4, -0.2) is 129 Å². The van der Waals surface area contributed by atoms with Gasteiger partial charge in [-0.25, -0.2) is 24.0 Å². The molecule has 18 nitrogen and oxygen atoms in total. The van der Waals surface area contributed by atoms with Crippen molar-refractivity contribution in [2.45, 2.75) is 155 Å². The van der Waals surface area contributed by atoms with Gasteiger partial charge in [0.1, 0.15) is 36.5 Å². The first-order chi connectivity index (χ1) is 32.4. The Morgan fingerprint density at radius 2 is 1.07 bits per heavy atom. The first kappa shape index (κ1) is 59.8. The molecule has 2 aromatic carbocycles. The lowest BCUT2D eigenvalue weighted by atomic mass is 10.1. The topological polar surface area (TPSA) is 209 Å². The highest BCUT2D eigenvalue weighted by Crippen LogP contribution is 2.51. The molecule has 0 bridgehead atoms. The Morgan fingerprint density at radius 1 is 0.652 bits per heavy atom. The molecule has 4 rings (SSSR count). The normalized spacial score (nSPS) is 18.6. The Bertz CT molecular complexity index is 2010. The van der Waals surface area contributed by atoms with E-state index in [0.29, 0.717) is 50.7 Å². The van der Waals surface area contributed by atoms with Crippen LogP contribution in [0.2, 0.25) is 0 Å². The summed E-state index contributed by atoms with van der Waals surface area (Å²) in [5.41, 5.74) is 0.162. The molecule has 2 saturated heterocycles. The standard InChI is InChI=1S/C24H33NO6.C20H29NO5.C6H13O5P/c1-17(21(26)29-5)10-9-13-19-14-15-20(22(27)31-24(2,3)4)25(19)23(28)30-16-18-11-7-6-8-12-18;1-20(2,3)26-18(22)17-11-10-16(12-13-24-4)21(17)19(23)25-14-15-8-6-5-7-9-15;1-5(6(7)9-2)12(8,10-3)11-4/h6-8,10-12,19-20H,9,13-16H2,1-5H3;5-9,16-17H,10-14H2,1-4H3;5H,1-4H3/b17-10-;;/t19-,20+;16-,17-;/m10./s1. The number of rotatable bonds is 17. The number of likely N-dealkylation sites (tertiary alicyclic amines) is 2. The van der Waals surface area contributed by atoms with Crippen molar-refractivity contribution in [3.05, 3.63) is 83.4 Å². The maximum absolute atomic E-state index is 13.0. The van der Waals surface area contributed by atoms with E-state index in [4.69, 9.17) is 28.4 Å². The molecule has 0 N–H and O–H groups in total. The van der Waals surface area contributed by atoms with E-state index in [-0.39, 0.29) is 37.2 Å². The van der Waals surface area contributed by atoms with Crippen LogP contribution < -0.4 is 0 Å². The van der Waals surface area contributed by atoms with Crippen LogP contribution in [0, 0.1) is 0 Å². The van der Waals surface area contributed by atoms with E-state index >= 15 is 0 Å². The lowest BCUT2D eigenvalue weighted by Gasteiger charge is -2.30. The van der Waals surface area contributed by atoms with Gasteiger partial charge in [0.25, 0.3) is 0 Å². The summed E-state index contributed by atoms with van der Waals surface area (Å²) in [6, 6.07) is 17.3. The predicted octanol–water partition coefficient (Wildman–Crippen LogP) is 8.97. The van der Waals surface area contributed by atoms with E-state index in [2.05, 4.69) is 13.8 Å². The third kappa shape index (κ3) is 20.3. The van der Waals surface area contributed by atoms with E-state index in [9.17, 15) is 33.3 Å². The summed E-state index contributed by atoms with van der Waals surface area (Å²) in [4.78, 5) is 76.6. The summed E-state index contributed by atoms with van der Waals surface area (Å²) < 4.78 is 57.0. The quantitative estimate of drug-likeness (QED) is 0.0627.